The van der Waals surface area contributed by atoms with E-state index < -0.39 is 23.3 Å². The van der Waals surface area contributed by atoms with Gasteiger partial charge in [-0.15, -0.1) is 0 Å². The topological polar surface area (TPSA) is 38.9 Å². The van der Waals surface area contributed by atoms with Gasteiger partial charge >= 0.3 is 0 Å². The van der Waals surface area contributed by atoms with Crippen LogP contribution in [0.3, 0.4) is 0 Å². The number of benzene rings is 1. The number of rotatable bonds is 1. The molecule has 0 aliphatic rings. The summed E-state index contributed by atoms with van der Waals surface area (Å²) >= 11 is 0. The van der Waals surface area contributed by atoms with Crippen molar-refractivity contribution >= 4 is 5.69 Å². The predicted octanol–water partition coefficient (Wildman–Crippen LogP) is 2.75. The highest BCUT2D eigenvalue weighted by Gasteiger charge is 2.12. The summed E-state index contributed by atoms with van der Waals surface area (Å²) in [6.45, 7) is 0. The molecule has 1 aromatic carbocycles. The van der Waals surface area contributed by atoms with E-state index in [9.17, 15) is 13.2 Å². The van der Waals surface area contributed by atoms with Crippen LogP contribution >= 0.6 is 0 Å². The molecule has 0 unspecified atom stereocenters. The van der Waals surface area contributed by atoms with Gasteiger partial charge in [-0.05, 0) is 24.3 Å². The van der Waals surface area contributed by atoms with Crippen LogP contribution in [0.15, 0.2) is 30.5 Å². The molecule has 2 aromatic rings. The van der Waals surface area contributed by atoms with E-state index in [0.29, 0.717) is 5.56 Å². The average molecular weight is 224 g/mol. The van der Waals surface area contributed by atoms with Gasteiger partial charge in [0.2, 0.25) is 5.95 Å². The molecule has 0 spiro atoms. The van der Waals surface area contributed by atoms with Gasteiger partial charge in [-0.25, -0.2) is 13.8 Å². The first-order valence-electron chi connectivity index (χ1n) is 4.45. The summed E-state index contributed by atoms with van der Waals surface area (Å²) in [5.74, 6) is -2.36. The normalized spacial score (nSPS) is 10.4. The maximum absolute atomic E-state index is 13.6. The fourth-order valence-corrected chi connectivity index (χ4v) is 1.33. The Morgan fingerprint density at radius 1 is 1.00 bits per heavy atom. The summed E-state index contributed by atoms with van der Waals surface area (Å²) in [6.07, 6.45) is 1.16. The fourth-order valence-electron chi connectivity index (χ4n) is 1.33. The summed E-state index contributed by atoms with van der Waals surface area (Å²) in [5.41, 5.74) is 5.08. The monoisotopic (exact) mass is 224 g/mol. The molecule has 1 aromatic heterocycles. The summed E-state index contributed by atoms with van der Waals surface area (Å²) in [5, 5.41) is 0. The Morgan fingerprint density at radius 2 is 1.75 bits per heavy atom. The largest absolute Gasteiger partial charge is 0.394 e. The zero-order valence-corrected chi connectivity index (χ0v) is 8.05. The maximum Gasteiger partial charge on any atom is 0.212 e. The minimum atomic E-state index is -0.867. The second-order valence-corrected chi connectivity index (χ2v) is 3.19. The van der Waals surface area contributed by atoms with Gasteiger partial charge in [0, 0.05) is 17.3 Å². The van der Waals surface area contributed by atoms with E-state index in [1.54, 1.807) is 0 Å². The van der Waals surface area contributed by atoms with Crippen molar-refractivity contribution in [1.82, 2.24) is 4.98 Å². The number of hydrogen-bond acceptors (Lipinski definition) is 2. The molecular weight excluding hydrogens is 217 g/mol. The lowest BCUT2D eigenvalue weighted by atomic mass is 10.1. The Labute approximate surface area is 89.5 Å². The van der Waals surface area contributed by atoms with Crippen LogP contribution in [0.1, 0.15) is 0 Å². The molecule has 0 radical (unpaired) electrons. The minimum Gasteiger partial charge on any atom is -0.394 e. The van der Waals surface area contributed by atoms with E-state index in [-0.39, 0.29) is 5.56 Å². The van der Waals surface area contributed by atoms with Crippen molar-refractivity contribution in [2.45, 2.75) is 0 Å². The molecule has 0 atom stereocenters. The molecule has 0 saturated heterocycles. The van der Waals surface area contributed by atoms with Crippen LogP contribution in [0.4, 0.5) is 18.9 Å². The van der Waals surface area contributed by atoms with Gasteiger partial charge in [0.05, 0.1) is 0 Å². The molecule has 0 amide bonds. The lowest BCUT2D eigenvalue weighted by Gasteiger charge is -2.05. The van der Waals surface area contributed by atoms with E-state index in [4.69, 9.17) is 5.73 Å². The molecule has 0 bridgehead atoms. The van der Waals surface area contributed by atoms with Crippen LogP contribution in [0.2, 0.25) is 0 Å². The van der Waals surface area contributed by atoms with Crippen molar-refractivity contribution in [1.29, 1.82) is 0 Å². The van der Waals surface area contributed by atoms with Crippen LogP contribution in [0.25, 0.3) is 11.1 Å². The SMILES string of the molecule is Nc1c(F)ccc(-c2ccc(F)nc2)c1F. The molecule has 1 heterocycles. The molecule has 2 nitrogen and oxygen atoms in total. The van der Waals surface area contributed by atoms with Crippen LogP contribution in [0, 0.1) is 17.6 Å². The first kappa shape index (κ1) is 10.5. The standard InChI is InChI=1S/C11H7F3N2/c12-8-3-2-7(10(14)11(8)15)6-1-4-9(13)16-5-6/h1-5H,15H2. The van der Waals surface area contributed by atoms with Crippen molar-refractivity contribution in [3.63, 3.8) is 0 Å². The molecule has 0 aliphatic carbocycles. The number of nitrogen functional groups attached to an aromatic ring is 1. The van der Waals surface area contributed by atoms with Crippen molar-refractivity contribution in [3.8, 4) is 11.1 Å². The molecule has 16 heavy (non-hydrogen) atoms. The number of aromatic nitrogens is 1. The number of anilines is 1. The van der Waals surface area contributed by atoms with Crippen LogP contribution in [-0.4, -0.2) is 4.98 Å². The minimum absolute atomic E-state index is 0.0893. The van der Waals surface area contributed by atoms with Crippen LogP contribution in [0.5, 0.6) is 0 Å². The maximum atomic E-state index is 13.6. The third kappa shape index (κ3) is 1.71. The van der Waals surface area contributed by atoms with Crippen molar-refractivity contribution in [2.75, 3.05) is 5.73 Å². The average Bonchev–Trinajstić information content (AvgIpc) is 2.28. The number of hydrogen-bond donors (Lipinski definition) is 1. The Kier molecular flexibility index (Phi) is 2.52. The second-order valence-electron chi connectivity index (χ2n) is 3.19. The Morgan fingerprint density at radius 3 is 2.38 bits per heavy atom. The number of nitrogens with zero attached hydrogens (tertiary/aromatic N) is 1. The fraction of sp³-hybridized carbons (Fsp3) is 0. The van der Waals surface area contributed by atoms with Crippen LogP contribution in [-0.2, 0) is 0 Å². The molecule has 0 aliphatic heterocycles. The predicted molar refractivity (Wildman–Crippen MR) is 54.0 cm³/mol. The number of nitrogens with two attached hydrogens (primary N) is 1. The quantitative estimate of drug-likeness (QED) is 0.597. The van der Waals surface area contributed by atoms with Gasteiger partial charge in [-0.1, -0.05) is 0 Å². The Balaban J connectivity index is 2.57. The Hall–Kier alpha value is -2.04. The molecule has 2 rings (SSSR count). The van der Waals surface area contributed by atoms with Crippen LogP contribution < -0.4 is 5.73 Å². The zero-order valence-electron chi connectivity index (χ0n) is 8.05. The summed E-state index contributed by atoms with van der Waals surface area (Å²) < 4.78 is 39.0. The van der Waals surface area contributed by atoms with Gasteiger partial charge in [-0.3, -0.25) is 0 Å². The lowest BCUT2D eigenvalue weighted by molar-refractivity contribution is 0.582. The van der Waals surface area contributed by atoms with Gasteiger partial charge in [0.15, 0.2) is 5.82 Å². The first-order valence-corrected chi connectivity index (χ1v) is 4.45. The Bertz CT molecular complexity index is 523. The first-order chi connectivity index (χ1) is 7.59. The van der Waals surface area contributed by atoms with E-state index in [2.05, 4.69) is 4.98 Å². The highest BCUT2D eigenvalue weighted by Crippen LogP contribution is 2.27. The molecule has 5 heteroatoms. The van der Waals surface area contributed by atoms with Crippen molar-refractivity contribution in [2.24, 2.45) is 0 Å². The number of pyridine rings is 1. The van der Waals surface area contributed by atoms with E-state index >= 15 is 0 Å². The highest BCUT2D eigenvalue weighted by molar-refractivity contribution is 5.67. The lowest BCUT2D eigenvalue weighted by Crippen LogP contribution is -1.97. The summed E-state index contributed by atoms with van der Waals surface area (Å²) in [7, 11) is 0. The van der Waals surface area contributed by atoms with Crippen molar-refractivity contribution in [3.05, 3.63) is 48.0 Å². The third-order valence-electron chi connectivity index (χ3n) is 2.16. The van der Waals surface area contributed by atoms with E-state index in [0.717, 1.165) is 18.3 Å². The highest BCUT2D eigenvalue weighted by atomic mass is 19.1. The second kappa shape index (κ2) is 3.84. The number of halogens is 3. The van der Waals surface area contributed by atoms with Crippen molar-refractivity contribution < 1.29 is 13.2 Å². The molecule has 0 saturated carbocycles. The molecule has 2 N–H and O–H groups in total. The van der Waals surface area contributed by atoms with E-state index in [1.165, 1.54) is 12.1 Å². The van der Waals surface area contributed by atoms with Gasteiger partial charge in [0.25, 0.3) is 0 Å². The van der Waals surface area contributed by atoms with Gasteiger partial charge in [-0.2, -0.15) is 4.39 Å². The molecule has 82 valence electrons. The molecule has 0 fully saturated rings. The van der Waals surface area contributed by atoms with Gasteiger partial charge in [0.1, 0.15) is 11.5 Å². The van der Waals surface area contributed by atoms with Gasteiger partial charge < -0.3 is 5.73 Å². The summed E-state index contributed by atoms with van der Waals surface area (Å²) in [4.78, 5) is 3.38. The smallest absolute Gasteiger partial charge is 0.212 e. The zero-order chi connectivity index (χ0) is 11.7. The van der Waals surface area contributed by atoms with E-state index in [1.807, 2.05) is 0 Å². The molecular formula is C11H7F3N2. The summed E-state index contributed by atoms with van der Waals surface area (Å²) in [6, 6.07) is 4.72. The third-order valence-corrected chi connectivity index (χ3v) is 2.16.